The molecule has 0 radical (unpaired) electrons. The van der Waals surface area contributed by atoms with Crippen LogP contribution in [0, 0.1) is 17.8 Å². The molecular formula is C32H36ClNO4. The van der Waals surface area contributed by atoms with E-state index in [2.05, 4.69) is 33.0 Å². The van der Waals surface area contributed by atoms with Gasteiger partial charge in [-0.05, 0) is 53.9 Å². The molecule has 0 atom stereocenters. The van der Waals surface area contributed by atoms with Crippen LogP contribution in [-0.4, -0.2) is 18.7 Å². The van der Waals surface area contributed by atoms with Crippen molar-refractivity contribution in [3.63, 3.8) is 0 Å². The number of Topliss-reactive ketones (excluding diaryl/α,β-unsaturated/α-hetero) is 2. The lowest BCUT2D eigenvalue weighted by Gasteiger charge is -2.44. The zero-order valence-electron chi connectivity index (χ0n) is 23.1. The molecule has 3 aliphatic rings. The van der Waals surface area contributed by atoms with Crippen molar-refractivity contribution in [2.45, 2.75) is 72.8 Å². The maximum absolute atomic E-state index is 13.6. The number of dihydropyridines is 1. The normalized spacial score (nSPS) is 20.6. The van der Waals surface area contributed by atoms with E-state index in [0.717, 1.165) is 35.4 Å². The molecule has 1 N–H and O–H groups in total. The fraction of sp³-hybridized carbons (Fsp3) is 0.438. The minimum Gasteiger partial charge on any atom is -0.493 e. The highest BCUT2D eigenvalue weighted by Gasteiger charge is 2.46. The Labute approximate surface area is 230 Å². The van der Waals surface area contributed by atoms with E-state index in [1.807, 2.05) is 43.3 Å². The average molecular weight is 534 g/mol. The number of carbonyl (C=O) groups excluding carboxylic acids is 2. The van der Waals surface area contributed by atoms with E-state index in [4.69, 9.17) is 21.1 Å². The van der Waals surface area contributed by atoms with Gasteiger partial charge < -0.3 is 14.8 Å². The van der Waals surface area contributed by atoms with Crippen LogP contribution in [0.15, 0.2) is 58.9 Å². The first kappa shape index (κ1) is 26.6. The number of aryl methyl sites for hydroxylation is 1. The van der Waals surface area contributed by atoms with Crippen molar-refractivity contribution in [1.29, 1.82) is 0 Å². The van der Waals surface area contributed by atoms with E-state index >= 15 is 0 Å². The van der Waals surface area contributed by atoms with Crippen molar-refractivity contribution in [2.75, 3.05) is 7.11 Å². The molecule has 2 aromatic carbocycles. The molecule has 5 rings (SSSR count). The second-order valence-corrected chi connectivity index (χ2v) is 12.9. The second-order valence-electron chi connectivity index (χ2n) is 12.5. The number of benzene rings is 2. The molecule has 0 unspecified atom stereocenters. The van der Waals surface area contributed by atoms with E-state index in [0.29, 0.717) is 47.1 Å². The molecule has 0 amide bonds. The van der Waals surface area contributed by atoms with Gasteiger partial charge in [-0.2, -0.15) is 0 Å². The van der Waals surface area contributed by atoms with Gasteiger partial charge in [-0.1, -0.05) is 69.1 Å². The largest absolute Gasteiger partial charge is 0.493 e. The molecule has 2 aromatic rings. The summed E-state index contributed by atoms with van der Waals surface area (Å²) in [6.07, 6.45) is 2.38. The van der Waals surface area contributed by atoms with Gasteiger partial charge in [0.05, 0.1) is 12.1 Å². The Morgan fingerprint density at radius 2 is 1.45 bits per heavy atom. The van der Waals surface area contributed by atoms with Crippen LogP contribution < -0.4 is 14.8 Å². The molecule has 2 aliphatic carbocycles. The van der Waals surface area contributed by atoms with Gasteiger partial charge in [0.2, 0.25) is 0 Å². The lowest BCUT2D eigenvalue weighted by molar-refractivity contribution is -0.119. The van der Waals surface area contributed by atoms with E-state index in [1.165, 1.54) is 5.56 Å². The number of allylic oxidation sites excluding steroid dienone is 4. The van der Waals surface area contributed by atoms with Crippen LogP contribution >= 0.6 is 11.6 Å². The maximum atomic E-state index is 13.6. The van der Waals surface area contributed by atoms with Gasteiger partial charge in [0.15, 0.2) is 23.1 Å². The van der Waals surface area contributed by atoms with Gasteiger partial charge in [0, 0.05) is 41.3 Å². The van der Waals surface area contributed by atoms with Crippen LogP contribution in [0.5, 0.6) is 11.5 Å². The third kappa shape index (κ3) is 5.01. The van der Waals surface area contributed by atoms with Crippen LogP contribution in [0.25, 0.3) is 0 Å². The fourth-order valence-electron chi connectivity index (χ4n) is 6.11. The first-order valence-corrected chi connectivity index (χ1v) is 13.6. The zero-order chi connectivity index (χ0) is 27.4. The summed E-state index contributed by atoms with van der Waals surface area (Å²) in [6.45, 7) is 10.9. The second kappa shape index (κ2) is 9.60. The van der Waals surface area contributed by atoms with Crippen molar-refractivity contribution < 1.29 is 19.1 Å². The maximum Gasteiger partial charge on any atom is 0.180 e. The molecule has 200 valence electrons. The molecular weight excluding hydrogens is 498 g/mol. The van der Waals surface area contributed by atoms with Gasteiger partial charge >= 0.3 is 0 Å². The molecule has 6 heteroatoms. The molecule has 0 bridgehead atoms. The molecule has 0 saturated heterocycles. The topological polar surface area (TPSA) is 64.6 Å². The van der Waals surface area contributed by atoms with E-state index < -0.39 is 5.92 Å². The van der Waals surface area contributed by atoms with Crippen LogP contribution in [0.4, 0.5) is 0 Å². The lowest BCUT2D eigenvalue weighted by atomic mass is 9.64. The quantitative estimate of drug-likeness (QED) is 0.440. The summed E-state index contributed by atoms with van der Waals surface area (Å²) in [5.74, 6) is 0.601. The van der Waals surface area contributed by atoms with Gasteiger partial charge in [-0.25, -0.2) is 0 Å². The first-order valence-electron chi connectivity index (χ1n) is 13.2. The summed E-state index contributed by atoms with van der Waals surface area (Å²) < 4.78 is 11.8. The number of hydrogen-bond acceptors (Lipinski definition) is 5. The molecule has 1 aliphatic heterocycles. The third-order valence-corrected chi connectivity index (χ3v) is 8.09. The Morgan fingerprint density at radius 3 is 1.97 bits per heavy atom. The Hall–Kier alpha value is -3.05. The van der Waals surface area contributed by atoms with Crippen LogP contribution in [0.2, 0.25) is 5.02 Å². The highest BCUT2D eigenvalue weighted by Crippen LogP contribution is 2.52. The summed E-state index contributed by atoms with van der Waals surface area (Å²) in [5, 5.41) is 3.95. The van der Waals surface area contributed by atoms with Gasteiger partial charge in [0.25, 0.3) is 0 Å². The first-order chi connectivity index (χ1) is 17.9. The number of ketones is 2. The van der Waals surface area contributed by atoms with Gasteiger partial charge in [0.1, 0.15) is 6.61 Å². The lowest BCUT2D eigenvalue weighted by Crippen LogP contribution is -2.42. The number of rotatable bonds is 5. The minimum atomic E-state index is -0.481. The SMILES string of the molecule is COc1cc(C2C3=C(CC(C)(C)CC3=O)NC3=C2C(=O)CC(C)(C)C3)cc(Cl)c1OCc1ccc(C)cc1. The molecule has 0 fully saturated rings. The van der Waals surface area contributed by atoms with Crippen LogP contribution in [0.1, 0.15) is 76.0 Å². The molecule has 38 heavy (non-hydrogen) atoms. The summed E-state index contributed by atoms with van der Waals surface area (Å²) in [7, 11) is 1.58. The molecule has 0 aromatic heterocycles. The number of nitrogens with one attached hydrogen (secondary N) is 1. The number of halogens is 1. The molecule has 1 heterocycles. The summed E-state index contributed by atoms with van der Waals surface area (Å²) >= 11 is 6.82. The van der Waals surface area contributed by atoms with Gasteiger partial charge in [-0.3, -0.25) is 9.59 Å². The third-order valence-electron chi connectivity index (χ3n) is 7.81. The molecule has 0 spiro atoms. The Bertz CT molecular complexity index is 1330. The van der Waals surface area contributed by atoms with E-state index in [-0.39, 0.29) is 22.4 Å². The predicted octanol–water partition coefficient (Wildman–Crippen LogP) is 7.21. The van der Waals surface area contributed by atoms with Crippen molar-refractivity contribution >= 4 is 23.2 Å². The molecule has 5 nitrogen and oxygen atoms in total. The van der Waals surface area contributed by atoms with E-state index in [9.17, 15) is 9.59 Å². The monoisotopic (exact) mass is 533 g/mol. The minimum absolute atomic E-state index is 0.0766. The summed E-state index contributed by atoms with van der Waals surface area (Å²) in [6, 6.07) is 11.8. The number of ether oxygens (including phenoxy) is 2. The average Bonchev–Trinajstić information content (AvgIpc) is 2.81. The van der Waals surface area contributed by atoms with Crippen LogP contribution in [-0.2, 0) is 16.2 Å². The highest BCUT2D eigenvalue weighted by molar-refractivity contribution is 6.32. The van der Waals surface area contributed by atoms with E-state index in [1.54, 1.807) is 7.11 Å². The summed E-state index contributed by atoms with van der Waals surface area (Å²) in [4.78, 5) is 27.2. The Balaban J connectivity index is 1.59. The van der Waals surface area contributed by atoms with Crippen LogP contribution in [0.3, 0.4) is 0 Å². The smallest absolute Gasteiger partial charge is 0.180 e. The highest BCUT2D eigenvalue weighted by atomic mass is 35.5. The summed E-state index contributed by atoms with van der Waals surface area (Å²) in [5.41, 5.74) is 5.89. The Morgan fingerprint density at radius 1 is 0.895 bits per heavy atom. The molecule has 0 saturated carbocycles. The fourth-order valence-corrected chi connectivity index (χ4v) is 6.38. The van der Waals surface area contributed by atoms with Crippen molar-refractivity contribution in [3.8, 4) is 11.5 Å². The number of methoxy groups -OCH3 is 1. The van der Waals surface area contributed by atoms with Gasteiger partial charge in [-0.15, -0.1) is 0 Å². The zero-order valence-corrected chi connectivity index (χ0v) is 23.8. The Kier molecular flexibility index (Phi) is 6.71. The standard InChI is InChI=1S/C32H36ClNO4/c1-18-7-9-19(10-8-18)17-38-30-21(33)11-20(12-26(30)37-6)27-28-22(13-31(2,3)15-24(28)35)34-23-14-32(4,5)16-25(36)29(23)27/h7-12,27,34H,13-17H2,1-6H3. The number of carbonyl (C=O) groups is 2. The predicted molar refractivity (Wildman–Crippen MR) is 149 cm³/mol. The van der Waals surface area contributed by atoms with Crippen molar-refractivity contribution in [2.24, 2.45) is 10.8 Å². The number of hydrogen-bond donors (Lipinski definition) is 1. The van der Waals surface area contributed by atoms with Crippen molar-refractivity contribution in [1.82, 2.24) is 5.32 Å². The van der Waals surface area contributed by atoms with Crippen molar-refractivity contribution in [3.05, 3.63) is 80.7 Å².